The van der Waals surface area contributed by atoms with Crippen molar-refractivity contribution >= 4 is 11.6 Å². The molecule has 1 aromatic rings. The Labute approximate surface area is 99.4 Å². The van der Waals surface area contributed by atoms with E-state index in [9.17, 15) is 22.0 Å². The molecule has 0 amide bonds. The van der Waals surface area contributed by atoms with Crippen LogP contribution in [0.4, 0.5) is 22.0 Å². The maximum absolute atomic E-state index is 12.4. The van der Waals surface area contributed by atoms with Gasteiger partial charge in [-0.15, -0.1) is 0 Å². The summed E-state index contributed by atoms with van der Waals surface area (Å²) in [5.74, 6) is 0. The zero-order valence-corrected chi connectivity index (χ0v) is 9.19. The molecule has 0 aromatic heterocycles. The first-order chi connectivity index (χ1) is 7.71. The van der Waals surface area contributed by atoms with Crippen LogP contribution in [0.1, 0.15) is 23.6 Å². The molecule has 0 aliphatic carbocycles. The van der Waals surface area contributed by atoms with Gasteiger partial charge in [0.2, 0.25) is 6.43 Å². The van der Waals surface area contributed by atoms with Gasteiger partial charge in [0.15, 0.2) is 0 Å². The van der Waals surface area contributed by atoms with E-state index in [0.717, 1.165) is 18.2 Å². The minimum atomic E-state index is -4.57. The van der Waals surface area contributed by atoms with Crippen molar-refractivity contribution in [1.82, 2.24) is 0 Å². The van der Waals surface area contributed by atoms with Crippen LogP contribution in [0, 0.1) is 0 Å². The van der Waals surface area contributed by atoms with Crippen LogP contribution in [-0.2, 0) is 6.18 Å². The lowest BCUT2D eigenvalue weighted by Gasteiger charge is -2.14. The molecule has 0 heterocycles. The molecule has 1 aromatic carbocycles. The van der Waals surface area contributed by atoms with Gasteiger partial charge >= 0.3 is 6.18 Å². The molecule has 1 nitrogen and oxygen atoms in total. The number of benzene rings is 1. The summed E-state index contributed by atoms with van der Waals surface area (Å²) in [6, 6.07) is 1.73. The molecule has 96 valence electrons. The van der Waals surface area contributed by atoms with Crippen LogP contribution in [-0.4, -0.2) is 6.43 Å². The van der Waals surface area contributed by atoms with Crippen molar-refractivity contribution in [2.75, 3.05) is 0 Å². The van der Waals surface area contributed by atoms with E-state index in [1.54, 1.807) is 0 Å². The maximum Gasteiger partial charge on any atom is 0.417 e. The zero-order valence-electron chi connectivity index (χ0n) is 8.44. The van der Waals surface area contributed by atoms with Crippen LogP contribution in [0.3, 0.4) is 0 Å². The molecule has 0 bridgehead atoms. The van der Waals surface area contributed by atoms with E-state index in [2.05, 4.69) is 0 Å². The lowest BCUT2D eigenvalue weighted by atomic mass is 10.0. The van der Waals surface area contributed by atoms with Crippen molar-refractivity contribution in [3.8, 4) is 0 Å². The van der Waals surface area contributed by atoms with Gasteiger partial charge in [0.25, 0.3) is 0 Å². The first-order valence-corrected chi connectivity index (χ1v) is 5.00. The number of alkyl halides is 5. The van der Waals surface area contributed by atoms with Gasteiger partial charge in [-0.2, -0.15) is 13.2 Å². The molecule has 17 heavy (non-hydrogen) atoms. The van der Waals surface area contributed by atoms with E-state index in [0.29, 0.717) is 0 Å². The smallest absolute Gasteiger partial charge is 0.324 e. The third-order valence-electron chi connectivity index (χ3n) is 2.16. The van der Waals surface area contributed by atoms with Gasteiger partial charge in [-0.3, -0.25) is 0 Å². The first kappa shape index (κ1) is 14.2. The van der Waals surface area contributed by atoms with Gasteiger partial charge in [0, 0.05) is 12.5 Å². The van der Waals surface area contributed by atoms with Crippen molar-refractivity contribution in [1.29, 1.82) is 0 Å². The Morgan fingerprint density at radius 3 is 2.24 bits per heavy atom. The van der Waals surface area contributed by atoms with Crippen LogP contribution in [0.5, 0.6) is 0 Å². The Bertz CT molecular complexity index is 391. The highest BCUT2D eigenvalue weighted by atomic mass is 35.5. The van der Waals surface area contributed by atoms with Crippen molar-refractivity contribution in [2.45, 2.75) is 25.1 Å². The predicted octanol–water partition coefficient (Wildman–Crippen LogP) is 4.01. The van der Waals surface area contributed by atoms with E-state index >= 15 is 0 Å². The highest BCUT2D eigenvalue weighted by Gasteiger charge is 2.33. The van der Waals surface area contributed by atoms with Gasteiger partial charge in [-0.1, -0.05) is 17.7 Å². The quantitative estimate of drug-likeness (QED) is 0.827. The summed E-state index contributed by atoms with van der Waals surface area (Å²) < 4.78 is 61.2. The van der Waals surface area contributed by atoms with Gasteiger partial charge < -0.3 is 5.73 Å². The van der Waals surface area contributed by atoms with E-state index in [1.165, 1.54) is 0 Å². The van der Waals surface area contributed by atoms with Gasteiger partial charge in [0.05, 0.1) is 10.6 Å². The second kappa shape index (κ2) is 5.18. The molecule has 7 heteroatoms. The number of halogens is 6. The zero-order chi connectivity index (χ0) is 13.2. The van der Waals surface area contributed by atoms with Crippen LogP contribution in [0.2, 0.25) is 5.02 Å². The average Bonchev–Trinajstić information content (AvgIpc) is 2.14. The minimum Gasteiger partial charge on any atom is -0.324 e. The molecule has 0 spiro atoms. The highest BCUT2D eigenvalue weighted by molar-refractivity contribution is 6.31. The highest BCUT2D eigenvalue weighted by Crippen LogP contribution is 2.36. The Morgan fingerprint density at radius 1 is 1.24 bits per heavy atom. The van der Waals surface area contributed by atoms with Crippen molar-refractivity contribution in [2.24, 2.45) is 5.73 Å². The molecular weight excluding hydrogens is 265 g/mol. The summed E-state index contributed by atoms with van der Waals surface area (Å²) in [4.78, 5) is 0. The minimum absolute atomic E-state index is 0.156. The van der Waals surface area contributed by atoms with E-state index < -0.39 is 35.7 Å². The lowest BCUT2D eigenvalue weighted by molar-refractivity contribution is -0.137. The summed E-state index contributed by atoms with van der Waals surface area (Å²) >= 11 is 5.43. The normalized spacial score (nSPS) is 14.1. The largest absolute Gasteiger partial charge is 0.417 e. The predicted molar refractivity (Wildman–Crippen MR) is 54.0 cm³/mol. The van der Waals surface area contributed by atoms with Gasteiger partial charge in [0.1, 0.15) is 0 Å². The first-order valence-electron chi connectivity index (χ1n) is 4.62. The maximum atomic E-state index is 12.4. The SMILES string of the molecule is N[C@H](CC(F)F)c1ccc(C(F)(F)F)c(Cl)c1. The molecule has 0 radical (unpaired) electrons. The third kappa shape index (κ3) is 3.81. The van der Waals surface area contributed by atoms with Crippen molar-refractivity contribution in [3.63, 3.8) is 0 Å². The van der Waals surface area contributed by atoms with Gasteiger partial charge in [-0.05, 0) is 17.7 Å². The standard InChI is InChI=1S/C10H9ClF5N/c11-7-3-5(8(17)4-9(12)13)1-2-6(7)10(14,15)16/h1-3,8-9H,4,17H2/t8-/m1/s1. The molecule has 0 aliphatic rings. The summed E-state index contributed by atoms with van der Waals surface area (Å²) in [6.45, 7) is 0. The second-order valence-corrected chi connectivity index (χ2v) is 3.88. The fourth-order valence-corrected chi connectivity index (χ4v) is 1.62. The molecule has 2 N–H and O–H groups in total. The second-order valence-electron chi connectivity index (χ2n) is 3.47. The Hall–Kier alpha value is -0.880. The average molecular weight is 274 g/mol. The van der Waals surface area contributed by atoms with Gasteiger partial charge in [-0.25, -0.2) is 8.78 Å². The molecule has 0 saturated carbocycles. The Balaban J connectivity index is 2.97. The topological polar surface area (TPSA) is 26.0 Å². The van der Waals surface area contributed by atoms with Crippen LogP contribution < -0.4 is 5.73 Å². The van der Waals surface area contributed by atoms with Crippen molar-refractivity contribution in [3.05, 3.63) is 34.3 Å². The molecule has 0 fully saturated rings. The number of hydrogen-bond donors (Lipinski definition) is 1. The summed E-state index contributed by atoms with van der Waals surface area (Å²) in [7, 11) is 0. The fourth-order valence-electron chi connectivity index (χ4n) is 1.32. The number of nitrogens with two attached hydrogens (primary N) is 1. The number of hydrogen-bond acceptors (Lipinski definition) is 1. The fraction of sp³-hybridized carbons (Fsp3) is 0.400. The summed E-state index contributed by atoms with van der Waals surface area (Å²) in [5.41, 5.74) is 4.55. The Kier molecular flexibility index (Phi) is 4.32. The molecule has 0 unspecified atom stereocenters. The molecule has 0 saturated heterocycles. The summed E-state index contributed by atoms with van der Waals surface area (Å²) in [6.07, 6.45) is -7.81. The van der Waals surface area contributed by atoms with Crippen LogP contribution >= 0.6 is 11.6 Å². The molecular formula is C10H9ClF5N. The number of rotatable bonds is 3. The van der Waals surface area contributed by atoms with Crippen LogP contribution in [0.15, 0.2) is 18.2 Å². The van der Waals surface area contributed by atoms with Crippen molar-refractivity contribution < 1.29 is 22.0 Å². The van der Waals surface area contributed by atoms with E-state index in [4.69, 9.17) is 17.3 Å². The van der Waals surface area contributed by atoms with Crippen LogP contribution in [0.25, 0.3) is 0 Å². The Morgan fingerprint density at radius 2 is 1.82 bits per heavy atom. The van der Waals surface area contributed by atoms with E-state index in [-0.39, 0.29) is 5.56 Å². The molecule has 1 rings (SSSR count). The third-order valence-corrected chi connectivity index (χ3v) is 2.47. The monoisotopic (exact) mass is 273 g/mol. The van der Waals surface area contributed by atoms with E-state index in [1.807, 2.05) is 0 Å². The lowest BCUT2D eigenvalue weighted by Crippen LogP contribution is -2.15. The molecule has 1 atom stereocenters. The molecule has 0 aliphatic heterocycles. The summed E-state index contributed by atoms with van der Waals surface area (Å²) in [5, 5.41) is -0.542.